The number of hydrogen-bond donors (Lipinski definition) is 2. The maximum Gasteiger partial charge on any atom is 0.270 e. The number of carbonyl (C=O) groups excluding carboxylic acids is 3. The van der Waals surface area contributed by atoms with E-state index in [9.17, 15) is 23.2 Å². The van der Waals surface area contributed by atoms with Crippen molar-refractivity contribution in [2.75, 3.05) is 0 Å². The summed E-state index contributed by atoms with van der Waals surface area (Å²) in [5, 5.41) is 0. The van der Waals surface area contributed by atoms with Crippen LogP contribution >= 0.6 is 0 Å². The van der Waals surface area contributed by atoms with Crippen LogP contribution in [0.5, 0.6) is 0 Å². The summed E-state index contributed by atoms with van der Waals surface area (Å²) in [6.07, 6.45) is -0.0588. The minimum absolute atomic E-state index is 0.0588. The molecule has 0 saturated heterocycles. The van der Waals surface area contributed by atoms with Crippen LogP contribution in [0.25, 0.3) is 0 Å². The van der Waals surface area contributed by atoms with Crippen LogP contribution in [0.4, 0.5) is 8.78 Å². The zero-order valence-corrected chi connectivity index (χ0v) is 15.1. The highest BCUT2D eigenvalue weighted by atomic mass is 19.1. The Bertz CT molecular complexity index is 1050. The topological polar surface area (TPSA) is 75.3 Å². The van der Waals surface area contributed by atoms with Crippen molar-refractivity contribution in [3.8, 4) is 0 Å². The molecule has 0 heterocycles. The summed E-state index contributed by atoms with van der Waals surface area (Å²) in [7, 11) is 0. The first-order valence-corrected chi connectivity index (χ1v) is 8.67. The second-order valence-corrected chi connectivity index (χ2v) is 6.19. The van der Waals surface area contributed by atoms with Gasteiger partial charge in [0.1, 0.15) is 11.6 Å². The summed E-state index contributed by atoms with van der Waals surface area (Å²) in [6.45, 7) is 0. The normalized spacial score (nSPS) is 10.3. The first-order valence-electron chi connectivity index (χ1n) is 8.67. The van der Waals surface area contributed by atoms with Crippen LogP contribution < -0.4 is 10.9 Å². The minimum Gasteiger partial charge on any atom is -0.289 e. The van der Waals surface area contributed by atoms with Gasteiger partial charge in [-0.05, 0) is 48.0 Å². The molecule has 5 nitrogen and oxygen atoms in total. The molecule has 3 aromatic rings. The Labute approximate surface area is 165 Å². The maximum absolute atomic E-state index is 13.1. The molecule has 0 aliphatic heterocycles. The monoisotopic (exact) mass is 394 g/mol. The van der Waals surface area contributed by atoms with Crippen molar-refractivity contribution in [3.05, 3.63) is 107 Å². The van der Waals surface area contributed by atoms with E-state index in [0.29, 0.717) is 5.56 Å². The van der Waals surface area contributed by atoms with Gasteiger partial charge in [0.2, 0.25) is 5.91 Å². The molecule has 3 aromatic carbocycles. The molecule has 146 valence electrons. The molecule has 3 rings (SSSR count). The van der Waals surface area contributed by atoms with Crippen molar-refractivity contribution >= 4 is 17.6 Å². The average molecular weight is 394 g/mol. The highest BCUT2D eigenvalue weighted by Gasteiger charge is 2.18. The van der Waals surface area contributed by atoms with Crippen LogP contribution in [0.2, 0.25) is 0 Å². The Balaban J connectivity index is 1.68. The summed E-state index contributed by atoms with van der Waals surface area (Å²) < 4.78 is 26.0. The summed E-state index contributed by atoms with van der Waals surface area (Å²) in [5.74, 6) is -2.52. The van der Waals surface area contributed by atoms with Crippen molar-refractivity contribution in [2.45, 2.75) is 6.42 Å². The van der Waals surface area contributed by atoms with E-state index in [1.807, 2.05) is 0 Å². The van der Waals surface area contributed by atoms with Crippen LogP contribution in [0.1, 0.15) is 31.8 Å². The molecule has 0 saturated carbocycles. The van der Waals surface area contributed by atoms with E-state index in [1.54, 1.807) is 12.1 Å². The molecule has 0 aliphatic rings. The second kappa shape index (κ2) is 8.88. The lowest BCUT2D eigenvalue weighted by Crippen LogP contribution is -2.42. The SMILES string of the molecule is O=C(Cc1ccc(F)cc1)NNC(=O)c1ccccc1C(=O)c1ccc(F)cc1. The first kappa shape index (κ1) is 19.9. The molecule has 0 radical (unpaired) electrons. The van der Waals surface area contributed by atoms with E-state index in [2.05, 4.69) is 10.9 Å². The number of nitrogens with one attached hydrogen (secondary N) is 2. The Hall–Kier alpha value is -3.87. The van der Waals surface area contributed by atoms with Crippen molar-refractivity contribution < 1.29 is 23.2 Å². The lowest BCUT2D eigenvalue weighted by atomic mass is 9.98. The fourth-order valence-corrected chi connectivity index (χ4v) is 2.66. The molecule has 0 atom stereocenters. The largest absolute Gasteiger partial charge is 0.289 e. The van der Waals surface area contributed by atoms with Gasteiger partial charge in [0.05, 0.1) is 12.0 Å². The molecule has 0 unspecified atom stereocenters. The molecular weight excluding hydrogens is 378 g/mol. The van der Waals surface area contributed by atoms with Gasteiger partial charge in [-0.1, -0.05) is 30.3 Å². The van der Waals surface area contributed by atoms with Gasteiger partial charge in [-0.25, -0.2) is 8.78 Å². The number of ketones is 1. The van der Waals surface area contributed by atoms with Crippen LogP contribution in [-0.2, 0) is 11.2 Å². The third-order valence-corrected chi connectivity index (χ3v) is 4.12. The fraction of sp³-hybridized carbons (Fsp3) is 0.0455. The standard InChI is InChI=1S/C22H16F2N2O3/c23-16-9-5-14(6-10-16)13-20(27)25-26-22(29)19-4-2-1-3-18(19)21(28)15-7-11-17(24)12-8-15/h1-12H,13H2,(H,25,27)(H,26,29). The number of rotatable bonds is 5. The van der Waals surface area contributed by atoms with E-state index in [-0.39, 0.29) is 23.1 Å². The Morgan fingerprint density at radius 3 is 1.86 bits per heavy atom. The molecule has 0 fully saturated rings. The van der Waals surface area contributed by atoms with E-state index in [4.69, 9.17) is 0 Å². The van der Waals surface area contributed by atoms with E-state index >= 15 is 0 Å². The molecule has 2 amide bonds. The first-order chi connectivity index (χ1) is 13.9. The second-order valence-electron chi connectivity index (χ2n) is 6.19. The predicted molar refractivity (Wildman–Crippen MR) is 102 cm³/mol. The number of halogens is 2. The van der Waals surface area contributed by atoms with Crippen LogP contribution in [-0.4, -0.2) is 17.6 Å². The average Bonchev–Trinajstić information content (AvgIpc) is 2.74. The molecule has 0 spiro atoms. The molecule has 0 aromatic heterocycles. The van der Waals surface area contributed by atoms with Gasteiger partial charge in [-0.3, -0.25) is 25.2 Å². The van der Waals surface area contributed by atoms with Crippen molar-refractivity contribution in [3.63, 3.8) is 0 Å². The Morgan fingerprint density at radius 2 is 1.24 bits per heavy atom. The summed E-state index contributed by atoms with van der Waals surface area (Å²) in [6, 6.07) is 16.5. The van der Waals surface area contributed by atoms with Crippen LogP contribution in [0, 0.1) is 11.6 Å². The lowest BCUT2D eigenvalue weighted by molar-refractivity contribution is -0.121. The maximum atomic E-state index is 13.1. The van der Waals surface area contributed by atoms with Gasteiger partial charge in [0, 0.05) is 11.1 Å². The summed E-state index contributed by atoms with van der Waals surface area (Å²) >= 11 is 0. The molecule has 29 heavy (non-hydrogen) atoms. The van der Waals surface area contributed by atoms with E-state index in [0.717, 1.165) is 12.1 Å². The zero-order chi connectivity index (χ0) is 20.8. The molecule has 2 N–H and O–H groups in total. The van der Waals surface area contributed by atoms with Gasteiger partial charge < -0.3 is 0 Å². The third-order valence-electron chi connectivity index (χ3n) is 4.12. The lowest BCUT2D eigenvalue weighted by Gasteiger charge is -2.11. The highest BCUT2D eigenvalue weighted by Crippen LogP contribution is 2.15. The number of hydrazine groups is 1. The molecule has 7 heteroatoms. The van der Waals surface area contributed by atoms with Crippen LogP contribution in [0.15, 0.2) is 72.8 Å². The minimum atomic E-state index is -0.677. The zero-order valence-electron chi connectivity index (χ0n) is 15.1. The van der Waals surface area contributed by atoms with Gasteiger partial charge in [0.25, 0.3) is 5.91 Å². The van der Waals surface area contributed by atoms with Crippen LogP contribution in [0.3, 0.4) is 0 Å². The van der Waals surface area contributed by atoms with E-state index < -0.39 is 29.2 Å². The quantitative estimate of drug-likeness (QED) is 0.516. The Kier molecular flexibility index (Phi) is 6.09. The molecule has 0 aliphatic carbocycles. The van der Waals surface area contributed by atoms with Crippen molar-refractivity contribution in [1.29, 1.82) is 0 Å². The number of benzene rings is 3. The molecule has 0 bridgehead atoms. The van der Waals surface area contributed by atoms with Crippen molar-refractivity contribution in [2.24, 2.45) is 0 Å². The van der Waals surface area contributed by atoms with Crippen molar-refractivity contribution in [1.82, 2.24) is 10.9 Å². The predicted octanol–water partition coefficient (Wildman–Crippen LogP) is 3.20. The van der Waals surface area contributed by atoms with E-state index in [1.165, 1.54) is 48.5 Å². The molecular formula is C22H16F2N2O3. The van der Waals surface area contributed by atoms with Gasteiger partial charge in [0.15, 0.2) is 5.78 Å². The summed E-state index contributed by atoms with van der Waals surface area (Å²) in [5.41, 5.74) is 5.50. The Morgan fingerprint density at radius 1 is 0.690 bits per heavy atom. The summed E-state index contributed by atoms with van der Waals surface area (Å²) in [4.78, 5) is 37.1. The fourth-order valence-electron chi connectivity index (χ4n) is 2.66. The highest BCUT2D eigenvalue weighted by molar-refractivity contribution is 6.15. The van der Waals surface area contributed by atoms with Gasteiger partial charge in [-0.2, -0.15) is 0 Å². The number of carbonyl (C=O) groups is 3. The number of amides is 2. The number of hydrogen-bond acceptors (Lipinski definition) is 3. The third kappa shape index (κ3) is 5.10. The smallest absolute Gasteiger partial charge is 0.270 e. The van der Waals surface area contributed by atoms with Gasteiger partial charge >= 0.3 is 0 Å². The van der Waals surface area contributed by atoms with Gasteiger partial charge in [-0.15, -0.1) is 0 Å².